The van der Waals surface area contributed by atoms with Gasteiger partial charge < -0.3 is 15.5 Å². The first-order chi connectivity index (χ1) is 8.88. The standard InChI is InChI=1S/C15H25N3O/c1-15(2,3)17-12-14(19)16-10-11-18(4)13-8-6-5-7-9-13/h5-9,17H,10-12H2,1-4H3,(H,16,19). The van der Waals surface area contributed by atoms with Crippen LogP contribution in [0.25, 0.3) is 0 Å². The van der Waals surface area contributed by atoms with Gasteiger partial charge in [-0.3, -0.25) is 4.79 Å². The number of carbonyl (C=O) groups excluding carboxylic acids is 1. The van der Waals surface area contributed by atoms with E-state index in [2.05, 4.69) is 27.7 Å². The minimum Gasteiger partial charge on any atom is -0.373 e. The number of nitrogens with zero attached hydrogens (tertiary/aromatic N) is 1. The maximum atomic E-state index is 11.6. The van der Waals surface area contributed by atoms with E-state index in [9.17, 15) is 4.79 Å². The molecule has 0 aliphatic carbocycles. The second-order valence-electron chi connectivity index (χ2n) is 5.71. The highest BCUT2D eigenvalue weighted by Crippen LogP contribution is 2.09. The van der Waals surface area contributed by atoms with Crippen molar-refractivity contribution in [1.82, 2.24) is 10.6 Å². The molecule has 1 rings (SSSR count). The third-order valence-electron chi connectivity index (χ3n) is 2.75. The lowest BCUT2D eigenvalue weighted by Gasteiger charge is -2.21. The Morgan fingerprint density at radius 1 is 1.21 bits per heavy atom. The molecule has 1 aromatic carbocycles. The van der Waals surface area contributed by atoms with Crippen LogP contribution in [0.5, 0.6) is 0 Å². The summed E-state index contributed by atoms with van der Waals surface area (Å²) in [7, 11) is 2.02. The highest BCUT2D eigenvalue weighted by molar-refractivity contribution is 5.78. The largest absolute Gasteiger partial charge is 0.373 e. The first-order valence-corrected chi connectivity index (χ1v) is 6.66. The molecular formula is C15H25N3O. The predicted molar refractivity (Wildman–Crippen MR) is 80.5 cm³/mol. The van der Waals surface area contributed by atoms with Gasteiger partial charge in [-0.25, -0.2) is 0 Å². The Balaban J connectivity index is 2.22. The Labute approximate surface area is 116 Å². The van der Waals surface area contributed by atoms with Crippen LogP contribution >= 0.6 is 0 Å². The topological polar surface area (TPSA) is 44.4 Å². The van der Waals surface area contributed by atoms with Crippen molar-refractivity contribution in [3.05, 3.63) is 30.3 Å². The zero-order valence-electron chi connectivity index (χ0n) is 12.4. The van der Waals surface area contributed by atoms with Crippen LogP contribution in [0.15, 0.2) is 30.3 Å². The summed E-state index contributed by atoms with van der Waals surface area (Å²) < 4.78 is 0. The summed E-state index contributed by atoms with van der Waals surface area (Å²) in [6.45, 7) is 7.94. The molecule has 0 saturated heterocycles. The van der Waals surface area contributed by atoms with Crippen LogP contribution in [-0.4, -0.2) is 38.1 Å². The fourth-order valence-corrected chi connectivity index (χ4v) is 1.58. The Morgan fingerprint density at radius 2 is 1.84 bits per heavy atom. The smallest absolute Gasteiger partial charge is 0.234 e. The summed E-state index contributed by atoms with van der Waals surface area (Å²) in [6, 6.07) is 10.1. The molecule has 4 nitrogen and oxygen atoms in total. The third kappa shape index (κ3) is 6.82. The molecule has 2 N–H and O–H groups in total. The quantitative estimate of drug-likeness (QED) is 0.820. The first kappa shape index (κ1) is 15.5. The van der Waals surface area contributed by atoms with Crippen molar-refractivity contribution in [3.63, 3.8) is 0 Å². The second-order valence-corrected chi connectivity index (χ2v) is 5.71. The molecule has 19 heavy (non-hydrogen) atoms. The number of para-hydroxylation sites is 1. The lowest BCUT2D eigenvalue weighted by atomic mass is 10.1. The minimum absolute atomic E-state index is 0.0296. The molecule has 0 atom stereocenters. The van der Waals surface area contributed by atoms with E-state index >= 15 is 0 Å². The van der Waals surface area contributed by atoms with Gasteiger partial charge in [-0.1, -0.05) is 18.2 Å². The SMILES string of the molecule is CN(CCNC(=O)CNC(C)(C)C)c1ccccc1. The van der Waals surface area contributed by atoms with E-state index in [-0.39, 0.29) is 11.4 Å². The van der Waals surface area contributed by atoms with Crippen molar-refractivity contribution in [1.29, 1.82) is 0 Å². The summed E-state index contributed by atoms with van der Waals surface area (Å²) in [5, 5.41) is 6.08. The number of amides is 1. The molecule has 0 aliphatic rings. The molecule has 106 valence electrons. The molecular weight excluding hydrogens is 238 g/mol. The van der Waals surface area contributed by atoms with Crippen molar-refractivity contribution < 1.29 is 4.79 Å². The third-order valence-corrected chi connectivity index (χ3v) is 2.75. The average molecular weight is 263 g/mol. The fraction of sp³-hybridized carbons (Fsp3) is 0.533. The Kier molecular flexibility index (Phi) is 5.83. The van der Waals surface area contributed by atoms with Crippen molar-refractivity contribution in [2.75, 3.05) is 31.6 Å². The normalized spacial score (nSPS) is 11.2. The van der Waals surface area contributed by atoms with Crippen molar-refractivity contribution in [2.45, 2.75) is 26.3 Å². The summed E-state index contributed by atoms with van der Waals surface area (Å²) in [6.07, 6.45) is 0. The summed E-state index contributed by atoms with van der Waals surface area (Å²) >= 11 is 0. The van der Waals surface area contributed by atoms with E-state index in [0.29, 0.717) is 13.1 Å². The van der Waals surface area contributed by atoms with Gasteiger partial charge in [0.2, 0.25) is 5.91 Å². The number of hydrogen-bond acceptors (Lipinski definition) is 3. The Bertz CT molecular complexity index is 384. The van der Waals surface area contributed by atoms with Gasteiger partial charge in [-0.2, -0.15) is 0 Å². The number of likely N-dealkylation sites (N-methyl/N-ethyl adjacent to an activating group) is 1. The van der Waals surface area contributed by atoms with Gasteiger partial charge in [0, 0.05) is 31.4 Å². The van der Waals surface area contributed by atoms with Crippen LogP contribution in [-0.2, 0) is 4.79 Å². The monoisotopic (exact) mass is 263 g/mol. The molecule has 0 aromatic heterocycles. The molecule has 0 bridgehead atoms. The molecule has 1 amide bonds. The minimum atomic E-state index is -0.0296. The lowest BCUT2D eigenvalue weighted by Crippen LogP contribution is -2.44. The van der Waals surface area contributed by atoms with Gasteiger partial charge in [-0.05, 0) is 32.9 Å². The maximum absolute atomic E-state index is 11.6. The highest BCUT2D eigenvalue weighted by Gasteiger charge is 2.10. The second kappa shape index (κ2) is 7.14. The summed E-state index contributed by atoms with van der Waals surface area (Å²) in [5.74, 6) is 0.0383. The Morgan fingerprint density at radius 3 is 2.42 bits per heavy atom. The molecule has 0 unspecified atom stereocenters. The number of carbonyl (C=O) groups is 1. The van der Waals surface area contributed by atoms with Crippen LogP contribution in [0.2, 0.25) is 0 Å². The van der Waals surface area contributed by atoms with Gasteiger partial charge in [-0.15, -0.1) is 0 Å². The van der Waals surface area contributed by atoms with E-state index in [1.54, 1.807) is 0 Å². The number of anilines is 1. The number of nitrogens with one attached hydrogen (secondary N) is 2. The van der Waals surface area contributed by atoms with Crippen molar-refractivity contribution >= 4 is 11.6 Å². The van der Waals surface area contributed by atoms with E-state index in [0.717, 1.165) is 12.2 Å². The zero-order valence-corrected chi connectivity index (χ0v) is 12.4. The number of rotatable bonds is 6. The number of hydrogen-bond donors (Lipinski definition) is 2. The Hall–Kier alpha value is -1.55. The predicted octanol–water partition coefficient (Wildman–Crippen LogP) is 1.63. The molecule has 4 heteroatoms. The first-order valence-electron chi connectivity index (χ1n) is 6.66. The van der Waals surface area contributed by atoms with Gasteiger partial charge in [0.25, 0.3) is 0 Å². The van der Waals surface area contributed by atoms with E-state index in [1.165, 1.54) is 0 Å². The maximum Gasteiger partial charge on any atom is 0.234 e. The van der Waals surface area contributed by atoms with Crippen molar-refractivity contribution in [2.24, 2.45) is 0 Å². The molecule has 0 spiro atoms. The van der Waals surface area contributed by atoms with Gasteiger partial charge >= 0.3 is 0 Å². The molecule has 0 fully saturated rings. The van der Waals surface area contributed by atoms with Gasteiger partial charge in [0.1, 0.15) is 0 Å². The fourth-order valence-electron chi connectivity index (χ4n) is 1.58. The molecule has 1 aromatic rings. The average Bonchev–Trinajstić information content (AvgIpc) is 2.36. The van der Waals surface area contributed by atoms with Crippen molar-refractivity contribution in [3.8, 4) is 0 Å². The number of benzene rings is 1. The van der Waals surface area contributed by atoms with E-state index in [4.69, 9.17) is 0 Å². The summed E-state index contributed by atoms with van der Waals surface area (Å²) in [5.41, 5.74) is 1.13. The van der Waals surface area contributed by atoms with Gasteiger partial charge in [0.15, 0.2) is 0 Å². The van der Waals surface area contributed by atoms with Crippen LogP contribution in [0.3, 0.4) is 0 Å². The zero-order chi connectivity index (χ0) is 14.3. The summed E-state index contributed by atoms with van der Waals surface area (Å²) in [4.78, 5) is 13.7. The molecule has 0 aliphatic heterocycles. The molecule has 0 radical (unpaired) electrons. The molecule has 0 heterocycles. The van der Waals surface area contributed by atoms with Crippen LogP contribution in [0.4, 0.5) is 5.69 Å². The highest BCUT2D eigenvalue weighted by atomic mass is 16.1. The van der Waals surface area contributed by atoms with E-state index in [1.807, 2.05) is 46.0 Å². The van der Waals surface area contributed by atoms with Crippen LogP contribution in [0, 0.1) is 0 Å². The van der Waals surface area contributed by atoms with Crippen LogP contribution in [0.1, 0.15) is 20.8 Å². The van der Waals surface area contributed by atoms with Crippen LogP contribution < -0.4 is 15.5 Å². The van der Waals surface area contributed by atoms with Gasteiger partial charge in [0.05, 0.1) is 6.54 Å². The molecule has 0 saturated carbocycles. The lowest BCUT2D eigenvalue weighted by molar-refractivity contribution is -0.120. The van der Waals surface area contributed by atoms with E-state index < -0.39 is 0 Å².